The van der Waals surface area contributed by atoms with Gasteiger partial charge in [-0.1, -0.05) is 15.9 Å². The van der Waals surface area contributed by atoms with Gasteiger partial charge >= 0.3 is 0 Å². The van der Waals surface area contributed by atoms with Crippen LogP contribution in [-0.4, -0.2) is 10.9 Å². The second-order valence-electron chi connectivity index (χ2n) is 4.12. The van der Waals surface area contributed by atoms with Crippen molar-refractivity contribution in [2.45, 2.75) is 20.8 Å². The van der Waals surface area contributed by atoms with Gasteiger partial charge in [0.25, 0.3) is 5.91 Å². The quantitative estimate of drug-likeness (QED) is 0.922. The number of oxazole rings is 1. The lowest BCUT2D eigenvalue weighted by Crippen LogP contribution is -2.12. The molecular formula is C13H13BrN2O2. The Hall–Kier alpha value is -1.62. The summed E-state index contributed by atoms with van der Waals surface area (Å²) in [7, 11) is 0. The zero-order chi connectivity index (χ0) is 13.3. The summed E-state index contributed by atoms with van der Waals surface area (Å²) in [6.45, 7) is 5.43. The summed E-state index contributed by atoms with van der Waals surface area (Å²) in [6.07, 6.45) is 0. The van der Waals surface area contributed by atoms with Crippen molar-refractivity contribution < 1.29 is 9.21 Å². The van der Waals surface area contributed by atoms with E-state index in [2.05, 4.69) is 26.2 Å². The monoisotopic (exact) mass is 308 g/mol. The molecule has 2 rings (SSSR count). The zero-order valence-corrected chi connectivity index (χ0v) is 12.0. The number of aryl methyl sites for hydroxylation is 3. The van der Waals surface area contributed by atoms with Crippen molar-refractivity contribution in [2.24, 2.45) is 0 Å². The molecule has 0 unspecified atom stereocenters. The van der Waals surface area contributed by atoms with Crippen LogP contribution in [0.2, 0.25) is 0 Å². The van der Waals surface area contributed by atoms with Gasteiger partial charge in [0.2, 0.25) is 5.76 Å². The highest BCUT2D eigenvalue weighted by atomic mass is 79.9. The molecule has 1 N–H and O–H groups in total. The van der Waals surface area contributed by atoms with Gasteiger partial charge in [0.15, 0.2) is 5.89 Å². The number of hydrogen-bond acceptors (Lipinski definition) is 3. The molecular weight excluding hydrogens is 296 g/mol. The Morgan fingerprint density at radius 3 is 2.56 bits per heavy atom. The molecule has 1 aromatic heterocycles. The minimum Gasteiger partial charge on any atom is -0.436 e. The first-order chi connectivity index (χ1) is 8.45. The lowest BCUT2D eigenvalue weighted by molar-refractivity contribution is 0.0994. The van der Waals surface area contributed by atoms with E-state index in [0.29, 0.717) is 11.6 Å². The average Bonchev–Trinajstić information content (AvgIpc) is 2.56. The maximum Gasteiger partial charge on any atom is 0.293 e. The number of rotatable bonds is 2. The summed E-state index contributed by atoms with van der Waals surface area (Å²) in [4.78, 5) is 16.1. The summed E-state index contributed by atoms with van der Waals surface area (Å²) in [5.74, 6) is 0.457. The number of carbonyl (C=O) groups is 1. The van der Waals surface area contributed by atoms with Crippen molar-refractivity contribution >= 4 is 27.5 Å². The summed E-state index contributed by atoms with van der Waals surface area (Å²) in [5.41, 5.74) is 2.38. The van der Waals surface area contributed by atoms with Gasteiger partial charge in [-0.25, -0.2) is 4.98 Å². The molecule has 0 atom stereocenters. The van der Waals surface area contributed by atoms with Gasteiger partial charge in [0, 0.05) is 17.1 Å². The Morgan fingerprint density at radius 2 is 2.00 bits per heavy atom. The Bertz CT molecular complexity index is 585. The fourth-order valence-electron chi connectivity index (χ4n) is 1.74. The summed E-state index contributed by atoms with van der Waals surface area (Å²) >= 11 is 3.39. The predicted molar refractivity (Wildman–Crippen MR) is 72.8 cm³/mol. The van der Waals surface area contributed by atoms with Gasteiger partial charge in [0.05, 0.1) is 5.69 Å². The lowest BCUT2D eigenvalue weighted by Gasteiger charge is -2.05. The van der Waals surface area contributed by atoms with Crippen molar-refractivity contribution in [1.29, 1.82) is 0 Å². The van der Waals surface area contributed by atoms with Gasteiger partial charge in [-0.3, -0.25) is 4.79 Å². The summed E-state index contributed by atoms with van der Waals surface area (Å²) in [6, 6.07) is 5.70. The van der Waals surface area contributed by atoms with Crippen LogP contribution in [0.15, 0.2) is 27.1 Å². The van der Waals surface area contributed by atoms with Crippen LogP contribution in [-0.2, 0) is 0 Å². The van der Waals surface area contributed by atoms with Crippen LogP contribution < -0.4 is 5.32 Å². The fraction of sp³-hybridized carbons (Fsp3) is 0.231. The summed E-state index contributed by atoms with van der Waals surface area (Å²) in [5, 5.41) is 2.79. The highest BCUT2D eigenvalue weighted by molar-refractivity contribution is 9.10. The van der Waals surface area contributed by atoms with Crippen LogP contribution in [0.3, 0.4) is 0 Å². The molecule has 2 aromatic rings. The van der Waals surface area contributed by atoms with Crippen molar-refractivity contribution in [3.05, 3.63) is 45.6 Å². The second-order valence-corrected chi connectivity index (χ2v) is 5.03. The van der Waals surface area contributed by atoms with Crippen LogP contribution in [0.4, 0.5) is 5.69 Å². The number of carbonyl (C=O) groups excluding carboxylic acids is 1. The second kappa shape index (κ2) is 4.94. The van der Waals surface area contributed by atoms with Gasteiger partial charge in [-0.2, -0.15) is 0 Å². The molecule has 1 heterocycles. The van der Waals surface area contributed by atoms with E-state index in [1.807, 2.05) is 25.1 Å². The molecule has 5 heteroatoms. The fourth-order valence-corrected chi connectivity index (χ4v) is 2.35. The molecule has 0 fully saturated rings. The molecule has 0 aliphatic carbocycles. The third-order valence-electron chi connectivity index (χ3n) is 2.41. The van der Waals surface area contributed by atoms with E-state index in [1.165, 1.54) is 0 Å². The number of aromatic nitrogens is 1. The average molecular weight is 309 g/mol. The van der Waals surface area contributed by atoms with E-state index in [-0.39, 0.29) is 11.7 Å². The maximum atomic E-state index is 12.0. The minimum atomic E-state index is -0.286. The first-order valence-corrected chi connectivity index (χ1v) is 6.27. The molecule has 0 bridgehead atoms. The zero-order valence-electron chi connectivity index (χ0n) is 10.4. The van der Waals surface area contributed by atoms with Crippen LogP contribution in [0.5, 0.6) is 0 Å². The normalized spacial score (nSPS) is 10.4. The van der Waals surface area contributed by atoms with Gasteiger partial charge in [-0.15, -0.1) is 0 Å². The predicted octanol–water partition coefficient (Wildman–Crippen LogP) is 3.61. The smallest absolute Gasteiger partial charge is 0.293 e. The molecule has 0 saturated carbocycles. The van der Waals surface area contributed by atoms with Crippen molar-refractivity contribution in [1.82, 2.24) is 4.98 Å². The molecule has 0 aliphatic rings. The highest BCUT2D eigenvalue weighted by Gasteiger charge is 2.16. The minimum absolute atomic E-state index is 0.255. The molecule has 18 heavy (non-hydrogen) atoms. The Balaban J connectivity index is 2.23. The van der Waals surface area contributed by atoms with Crippen LogP contribution in [0.1, 0.15) is 27.7 Å². The number of nitrogens with zero attached hydrogens (tertiary/aromatic N) is 1. The Morgan fingerprint density at radius 1 is 1.28 bits per heavy atom. The number of nitrogens with one attached hydrogen (secondary N) is 1. The molecule has 0 aliphatic heterocycles. The molecule has 1 aromatic carbocycles. The first kappa shape index (κ1) is 12.8. The lowest BCUT2D eigenvalue weighted by atomic mass is 10.2. The topological polar surface area (TPSA) is 55.1 Å². The number of anilines is 1. The Kier molecular flexibility index (Phi) is 3.52. The van der Waals surface area contributed by atoms with E-state index in [4.69, 9.17) is 4.42 Å². The molecule has 0 saturated heterocycles. The van der Waals surface area contributed by atoms with Crippen molar-refractivity contribution in [3.8, 4) is 0 Å². The van der Waals surface area contributed by atoms with E-state index < -0.39 is 0 Å². The standard InChI is InChI=1S/C13H13BrN2O2/c1-7-4-10(14)6-11(5-7)16-13(17)12-8(2)15-9(3)18-12/h4-6H,1-3H3,(H,16,17). The largest absolute Gasteiger partial charge is 0.436 e. The summed E-state index contributed by atoms with van der Waals surface area (Å²) < 4.78 is 6.19. The first-order valence-electron chi connectivity index (χ1n) is 5.48. The SMILES string of the molecule is Cc1cc(Br)cc(NC(=O)c2oc(C)nc2C)c1. The van der Waals surface area contributed by atoms with E-state index in [9.17, 15) is 4.79 Å². The number of halogens is 1. The van der Waals surface area contributed by atoms with Crippen LogP contribution in [0.25, 0.3) is 0 Å². The Labute approximate surface area is 114 Å². The van der Waals surface area contributed by atoms with Crippen molar-refractivity contribution in [2.75, 3.05) is 5.32 Å². The van der Waals surface area contributed by atoms with Gasteiger partial charge < -0.3 is 9.73 Å². The van der Waals surface area contributed by atoms with E-state index in [0.717, 1.165) is 15.7 Å². The third-order valence-corrected chi connectivity index (χ3v) is 2.87. The van der Waals surface area contributed by atoms with Crippen LogP contribution >= 0.6 is 15.9 Å². The highest BCUT2D eigenvalue weighted by Crippen LogP contribution is 2.20. The molecule has 1 amide bonds. The van der Waals surface area contributed by atoms with Crippen molar-refractivity contribution in [3.63, 3.8) is 0 Å². The molecule has 0 spiro atoms. The van der Waals surface area contributed by atoms with Gasteiger partial charge in [-0.05, 0) is 37.6 Å². The number of benzene rings is 1. The third kappa shape index (κ3) is 2.79. The van der Waals surface area contributed by atoms with Crippen LogP contribution in [0, 0.1) is 20.8 Å². The molecule has 4 nitrogen and oxygen atoms in total. The molecule has 0 radical (unpaired) electrons. The number of amides is 1. The van der Waals surface area contributed by atoms with Gasteiger partial charge in [0.1, 0.15) is 0 Å². The maximum absolute atomic E-state index is 12.0. The van der Waals surface area contributed by atoms with E-state index in [1.54, 1.807) is 13.8 Å². The molecule has 94 valence electrons. The number of hydrogen-bond donors (Lipinski definition) is 1. The van der Waals surface area contributed by atoms with E-state index >= 15 is 0 Å².